The molecule has 0 aromatic carbocycles. The Balaban J connectivity index is 1.88. The topological polar surface area (TPSA) is 62.7 Å². The largest absolute Gasteiger partial charge is 0.444 e. The van der Waals surface area contributed by atoms with Crippen LogP contribution in [-0.4, -0.2) is 58.6 Å². The van der Waals surface area contributed by atoms with E-state index in [9.17, 15) is 9.59 Å². The van der Waals surface area contributed by atoms with E-state index in [0.717, 1.165) is 12.1 Å². The summed E-state index contributed by atoms with van der Waals surface area (Å²) in [6, 6.07) is 5.56. The van der Waals surface area contributed by atoms with E-state index in [4.69, 9.17) is 4.74 Å². The van der Waals surface area contributed by atoms with Gasteiger partial charge in [0, 0.05) is 38.1 Å². The molecule has 0 bridgehead atoms. The Morgan fingerprint density at radius 3 is 2.48 bits per heavy atom. The Bertz CT molecular complexity index is 540. The van der Waals surface area contributed by atoms with Crippen LogP contribution < -0.4 is 0 Å². The highest BCUT2D eigenvalue weighted by molar-refractivity contribution is 5.78. The molecule has 2 amide bonds. The number of rotatable bonds is 2. The van der Waals surface area contributed by atoms with Gasteiger partial charge in [-0.25, -0.2) is 4.79 Å². The molecule has 0 unspecified atom stereocenters. The van der Waals surface area contributed by atoms with Crippen molar-refractivity contribution in [1.82, 2.24) is 14.8 Å². The minimum Gasteiger partial charge on any atom is -0.444 e. The third-order valence-corrected chi connectivity index (χ3v) is 3.56. The second kappa shape index (κ2) is 7.44. The molecule has 0 atom stereocenters. The van der Waals surface area contributed by atoms with Crippen LogP contribution in [-0.2, 0) is 16.0 Å². The highest BCUT2D eigenvalue weighted by atomic mass is 16.6. The summed E-state index contributed by atoms with van der Waals surface area (Å²) in [6.45, 7) is 7.86. The minimum absolute atomic E-state index is 0.0507. The Morgan fingerprint density at radius 2 is 1.83 bits per heavy atom. The van der Waals surface area contributed by atoms with E-state index >= 15 is 0 Å². The zero-order valence-electron chi connectivity index (χ0n) is 14.1. The fraction of sp³-hybridized carbons (Fsp3) is 0.588. The summed E-state index contributed by atoms with van der Waals surface area (Å²) in [5.41, 5.74) is 0.267. The van der Waals surface area contributed by atoms with Crippen LogP contribution in [0.3, 0.4) is 0 Å². The molecule has 1 saturated heterocycles. The van der Waals surface area contributed by atoms with Gasteiger partial charge in [0.05, 0.1) is 6.42 Å². The van der Waals surface area contributed by atoms with Crippen molar-refractivity contribution in [2.24, 2.45) is 0 Å². The third kappa shape index (κ3) is 5.54. The molecule has 0 spiro atoms. The first-order valence-electron chi connectivity index (χ1n) is 8.01. The van der Waals surface area contributed by atoms with Gasteiger partial charge >= 0.3 is 6.09 Å². The molecular weight excluding hydrogens is 294 g/mol. The van der Waals surface area contributed by atoms with E-state index in [1.165, 1.54) is 0 Å². The fourth-order valence-electron chi connectivity index (χ4n) is 2.45. The summed E-state index contributed by atoms with van der Waals surface area (Å²) >= 11 is 0. The van der Waals surface area contributed by atoms with Crippen molar-refractivity contribution in [3.63, 3.8) is 0 Å². The number of ether oxygens (including phenoxy) is 1. The standard InChI is InChI=1S/C17H25N3O3/c1-17(2,3)23-16(22)20-10-6-9-19(11-12-20)15(21)13-14-7-4-5-8-18-14/h4-5,7-8H,6,9-13H2,1-3H3. The quantitative estimate of drug-likeness (QED) is 0.837. The van der Waals surface area contributed by atoms with Crippen molar-refractivity contribution in [3.05, 3.63) is 30.1 Å². The van der Waals surface area contributed by atoms with E-state index in [-0.39, 0.29) is 12.0 Å². The normalized spacial score (nSPS) is 16.0. The van der Waals surface area contributed by atoms with E-state index in [1.54, 1.807) is 16.0 Å². The van der Waals surface area contributed by atoms with Gasteiger partial charge in [0.2, 0.25) is 5.91 Å². The molecule has 2 heterocycles. The predicted molar refractivity (Wildman–Crippen MR) is 86.9 cm³/mol. The summed E-state index contributed by atoms with van der Waals surface area (Å²) in [4.78, 5) is 32.2. The van der Waals surface area contributed by atoms with Crippen LogP contribution in [0.2, 0.25) is 0 Å². The van der Waals surface area contributed by atoms with Crippen molar-refractivity contribution in [2.75, 3.05) is 26.2 Å². The number of carbonyl (C=O) groups is 2. The van der Waals surface area contributed by atoms with Crippen molar-refractivity contribution in [1.29, 1.82) is 0 Å². The first kappa shape index (κ1) is 17.2. The van der Waals surface area contributed by atoms with Gasteiger partial charge in [0.15, 0.2) is 0 Å². The Morgan fingerprint density at radius 1 is 1.13 bits per heavy atom. The molecule has 0 N–H and O–H groups in total. The Labute approximate surface area is 137 Å². The molecule has 2 rings (SSSR count). The van der Waals surface area contributed by atoms with Crippen LogP contribution in [0.5, 0.6) is 0 Å². The molecule has 1 aromatic rings. The zero-order chi connectivity index (χ0) is 16.9. The molecule has 126 valence electrons. The van der Waals surface area contributed by atoms with Gasteiger partial charge in [0.25, 0.3) is 0 Å². The van der Waals surface area contributed by atoms with Crippen LogP contribution >= 0.6 is 0 Å². The average molecular weight is 319 g/mol. The smallest absolute Gasteiger partial charge is 0.410 e. The maximum absolute atomic E-state index is 12.4. The second-order valence-electron chi connectivity index (χ2n) is 6.70. The molecule has 1 fully saturated rings. The average Bonchev–Trinajstić information content (AvgIpc) is 2.72. The lowest BCUT2D eigenvalue weighted by molar-refractivity contribution is -0.130. The molecule has 6 nitrogen and oxygen atoms in total. The number of carbonyl (C=O) groups excluding carboxylic acids is 2. The van der Waals surface area contributed by atoms with E-state index in [2.05, 4.69) is 4.98 Å². The third-order valence-electron chi connectivity index (χ3n) is 3.56. The lowest BCUT2D eigenvalue weighted by atomic mass is 10.2. The molecule has 0 radical (unpaired) electrons. The molecule has 6 heteroatoms. The summed E-state index contributed by atoms with van der Waals surface area (Å²) in [5, 5.41) is 0. The maximum atomic E-state index is 12.4. The van der Waals surface area contributed by atoms with Gasteiger partial charge in [-0.3, -0.25) is 9.78 Å². The first-order valence-corrected chi connectivity index (χ1v) is 8.01. The van der Waals surface area contributed by atoms with E-state index in [1.807, 2.05) is 39.0 Å². The number of pyridine rings is 1. The van der Waals surface area contributed by atoms with Crippen LogP contribution in [0.25, 0.3) is 0 Å². The molecule has 1 aliphatic rings. The number of amides is 2. The summed E-state index contributed by atoms with van der Waals surface area (Å²) in [5.74, 6) is 0.0507. The lowest BCUT2D eigenvalue weighted by Gasteiger charge is -2.26. The molecule has 0 saturated carbocycles. The van der Waals surface area contributed by atoms with Crippen molar-refractivity contribution < 1.29 is 14.3 Å². The fourth-order valence-corrected chi connectivity index (χ4v) is 2.45. The van der Waals surface area contributed by atoms with Gasteiger partial charge in [-0.05, 0) is 39.3 Å². The molecule has 1 aliphatic heterocycles. The van der Waals surface area contributed by atoms with Crippen LogP contribution in [0, 0.1) is 0 Å². The number of nitrogens with zero attached hydrogens (tertiary/aromatic N) is 3. The maximum Gasteiger partial charge on any atom is 0.410 e. The lowest BCUT2D eigenvalue weighted by Crippen LogP contribution is -2.40. The van der Waals surface area contributed by atoms with Crippen LogP contribution in [0.15, 0.2) is 24.4 Å². The molecule has 1 aromatic heterocycles. The van der Waals surface area contributed by atoms with E-state index in [0.29, 0.717) is 32.6 Å². The zero-order valence-corrected chi connectivity index (χ0v) is 14.1. The van der Waals surface area contributed by atoms with Crippen molar-refractivity contribution >= 4 is 12.0 Å². The Kier molecular flexibility index (Phi) is 5.58. The predicted octanol–water partition coefficient (Wildman–Crippen LogP) is 2.09. The van der Waals surface area contributed by atoms with Crippen LogP contribution in [0.1, 0.15) is 32.9 Å². The van der Waals surface area contributed by atoms with Crippen molar-refractivity contribution in [3.8, 4) is 0 Å². The molecule has 23 heavy (non-hydrogen) atoms. The number of hydrogen-bond donors (Lipinski definition) is 0. The summed E-state index contributed by atoms with van der Waals surface area (Å²) in [7, 11) is 0. The Hall–Kier alpha value is -2.11. The van der Waals surface area contributed by atoms with Gasteiger partial charge < -0.3 is 14.5 Å². The van der Waals surface area contributed by atoms with Gasteiger partial charge in [-0.15, -0.1) is 0 Å². The van der Waals surface area contributed by atoms with Gasteiger partial charge in [-0.2, -0.15) is 0 Å². The van der Waals surface area contributed by atoms with E-state index < -0.39 is 5.60 Å². The van der Waals surface area contributed by atoms with Crippen LogP contribution in [0.4, 0.5) is 4.79 Å². The second-order valence-corrected chi connectivity index (χ2v) is 6.70. The van der Waals surface area contributed by atoms with Gasteiger partial charge in [0.1, 0.15) is 5.60 Å². The first-order chi connectivity index (χ1) is 10.8. The summed E-state index contributed by atoms with van der Waals surface area (Å²) in [6.07, 6.45) is 2.44. The number of hydrogen-bond acceptors (Lipinski definition) is 4. The van der Waals surface area contributed by atoms with Crippen molar-refractivity contribution in [2.45, 2.75) is 39.2 Å². The molecular formula is C17H25N3O3. The minimum atomic E-state index is -0.502. The monoisotopic (exact) mass is 319 g/mol. The molecule has 0 aliphatic carbocycles. The highest BCUT2D eigenvalue weighted by Gasteiger charge is 2.25. The SMILES string of the molecule is CC(C)(C)OC(=O)N1CCCN(C(=O)Cc2ccccn2)CC1. The van der Waals surface area contributed by atoms with Gasteiger partial charge in [-0.1, -0.05) is 6.07 Å². The highest BCUT2D eigenvalue weighted by Crippen LogP contribution is 2.12. The summed E-state index contributed by atoms with van der Waals surface area (Å²) < 4.78 is 5.40. The number of aromatic nitrogens is 1.